The molecule has 0 saturated carbocycles. The first-order valence-corrected chi connectivity index (χ1v) is 3.34. The van der Waals surface area contributed by atoms with Crippen LogP contribution in [0.25, 0.3) is 10.8 Å². The maximum atomic E-state index is 11.0. The van der Waals surface area contributed by atoms with Crippen LogP contribution in [0.2, 0.25) is 0 Å². The van der Waals surface area contributed by atoms with Gasteiger partial charge in [-0.1, -0.05) is 30.2 Å². The molecule has 0 bridgehead atoms. The Labute approximate surface area is 84.6 Å². The third-order valence-corrected chi connectivity index (χ3v) is 1.48. The molecule has 3 nitrogen and oxygen atoms in total. The summed E-state index contributed by atoms with van der Waals surface area (Å²) in [6.45, 7) is 0. The molecule has 2 aromatic carbocycles. The van der Waals surface area contributed by atoms with Crippen LogP contribution in [0, 0.1) is 10.1 Å². The molecule has 0 aliphatic carbocycles. The molecule has 64 valence electrons. The highest BCUT2D eigenvalue weighted by molar-refractivity contribution is 5.90. The van der Waals surface area contributed by atoms with Crippen LogP contribution < -0.4 is 0 Å². The van der Waals surface area contributed by atoms with Gasteiger partial charge in [-0.15, -0.1) is 0 Å². The molecule has 0 amide bonds. The number of nitrogens with zero attached hydrogens (tertiary/aromatic N) is 1. The summed E-state index contributed by atoms with van der Waals surface area (Å²) >= 11 is 0. The van der Waals surface area contributed by atoms with Crippen LogP contribution in [-0.2, 0) is 0 Å². The Morgan fingerprint density at radius 1 is 1.15 bits per heavy atom. The zero-order valence-corrected chi connectivity index (χ0v) is 6.26. The van der Waals surface area contributed by atoms with Crippen LogP contribution in [-0.4, -0.2) is 4.92 Å². The molecule has 0 saturated heterocycles. The lowest BCUT2D eigenvalue weighted by Gasteiger charge is -1.97. The Morgan fingerprint density at radius 2 is 1.85 bits per heavy atom. The Balaban J connectivity index is 3.27. The lowest BCUT2D eigenvalue weighted by molar-refractivity contribution is -0.383. The van der Waals surface area contributed by atoms with Gasteiger partial charge in [-0.25, -0.2) is 0 Å². The fourth-order valence-corrected chi connectivity index (χ4v) is 0.936. The molecule has 0 atom stereocenters. The second-order valence-corrected chi connectivity index (χ2v) is 2.23. The van der Waals surface area contributed by atoms with E-state index < -0.39 is 63.7 Å². The maximum absolute atomic E-state index is 11.0. The monoisotopic (exact) mass is 180 g/mol. The van der Waals surface area contributed by atoms with Crippen LogP contribution in [0.15, 0.2) is 42.3 Å². The summed E-state index contributed by atoms with van der Waals surface area (Å²) in [5.41, 5.74) is -0.881. The molecule has 0 spiro atoms. The molecule has 13 heavy (non-hydrogen) atoms. The molecule has 0 radical (unpaired) electrons. The first kappa shape index (κ1) is 3.10. The fourth-order valence-electron chi connectivity index (χ4n) is 0.936. The first-order valence-electron chi connectivity index (χ1n) is 6.84. The van der Waals surface area contributed by atoms with Gasteiger partial charge in [-0.05, 0) is 11.4 Å². The van der Waals surface area contributed by atoms with E-state index in [2.05, 4.69) is 0 Å². The maximum Gasteiger partial charge on any atom is 0.277 e. The van der Waals surface area contributed by atoms with Crippen molar-refractivity contribution >= 4 is 16.5 Å². The van der Waals surface area contributed by atoms with Crippen molar-refractivity contribution < 1.29 is 14.5 Å². The number of nitro benzene ring substituents is 1. The van der Waals surface area contributed by atoms with Crippen molar-refractivity contribution in [2.75, 3.05) is 0 Å². The summed E-state index contributed by atoms with van der Waals surface area (Å²) in [4.78, 5) is 10.1. The zero-order valence-electron chi connectivity index (χ0n) is 13.3. The van der Waals surface area contributed by atoms with Crippen molar-refractivity contribution in [1.29, 1.82) is 0 Å². The van der Waals surface area contributed by atoms with Crippen LogP contribution in [0.1, 0.15) is 9.60 Å². The summed E-state index contributed by atoms with van der Waals surface area (Å²) in [7, 11) is 0. The smallest absolute Gasteiger partial charge is 0.258 e. The average molecular weight is 180 g/mol. The Morgan fingerprint density at radius 3 is 2.62 bits per heavy atom. The van der Waals surface area contributed by atoms with Crippen molar-refractivity contribution in [2.24, 2.45) is 0 Å². The minimum atomic E-state index is -0.970. The Hall–Kier alpha value is -1.90. The van der Waals surface area contributed by atoms with Crippen LogP contribution in [0.4, 0.5) is 5.69 Å². The van der Waals surface area contributed by atoms with Crippen LogP contribution in [0.5, 0.6) is 0 Å². The summed E-state index contributed by atoms with van der Waals surface area (Å²) < 4.78 is 53.2. The van der Waals surface area contributed by atoms with E-state index in [0.717, 1.165) is 0 Å². The number of fused-ring (bicyclic) bond motifs is 1. The number of rotatable bonds is 1. The van der Waals surface area contributed by atoms with Crippen molar-refractivity contribution in [3.8, 4) is 0 Å². The lowest BCUT2D eigenvalue weighted by Crippen LogP contribution is -1.88. The molecular formula is C10H7NO2. The molecule has 0 aliphatic heterocycles. The van der Waals surface area contributed by atoms with Gasteiger partial charge in [0.05, 0.1) is 19.9 Å². The Kier molecular flexibility index (Phi) is 0.683. The van der Waals surface area contributed by atoms with E-state index >= 15 is 0 Å². The van der Waals surface area contributed by atoms with Gasteiger partial charge in [0.25, 0.3) is 5.69 Å². The van der Waals surface area contributed by atoms with E-state index in [4.69, 9.17) is 9.60 Å². The van der Waals surface area contributed by atoms with E-state index in [1.807, 2.05) is 0 Å². The third-order valence-electron chi connectivity index (χ3n) is 1.48. The minimum Gasteiger partial charge on any atom is -0.258 e. The van der Waals surface area contributed by atoms with E-state index in [0.29, 0.717) is 0 Å². The van der Waals surface area contributed by atoms with Crippen LogP contribution >= 0.6 is 0 Å². The minimum absolute atomic E-state index is 0.413. The van der Waals surface area contributed by atoms with Gasteiger partial charge in [0, 0.05) is 6.04 Å². The predicted octanol–water partition coefficient (Wildman–Crippen LogP) is 2.75. The van der Waals surface area contributed by atoms with E-state index in [1.54, 1.807) is 0 Å². The fraction of sp³-hybridized carbons (Fsp3) is 0. The largest absolute Gasteiger partial charge is 0.277 e. The van der Waals surface area contributed by atoms with Gasteiger partial charge in [0.1, 0.15) is 0 Å². The lowest BCUT2D eigenvalue weighted by atomic mass is 10.1. The summed E-state index contributed by atoms with van der Waals surface area (Å²) in [6.07, 6.45) is 0. The van der Waals surface area contributed by atoms with E-state index in [-0.39, 0.29) is 0 Å². The highest BCUT2D eigenvalue weighted by Gasteiger charge is 2.08. The molecule has 2 rings (SSSR count). The first-order chi connectivity index (χ1) is 9.20. The van der Waals surface area contributed by atoms with Gasteiger partial charge in [0.2, 0.25) is 0 Å². The molecular weight excluding hydrogens is 166 g/mol. The molecule has 0 heterocycles. The molecule has 0 N–H and O–H groups in total. The molecule has 0 unspecified atom stereocenters. The Bertz CT molecular complexity index is 767. The second kappa shape index (κ2) is 2.86. The van der Waals surface area contributed by atoms with Gasteiger partial charge in [-0.2, -0.15) is 0 Å². The van der Waals surface area contributed by atoms with Gasteiger partial charge < -0.3 is 0 Å². The van der Waals surface area contributed by atoms with Gasteiger partial charge in [0.15, 0.2) is 0 Å². The SMILES string of the molecule is [2H]c1c([2H])c([2H])c2c([N+](=O)[O-])c([2H])c([2H])c([2H])c2c1[2H]. The summed E-state index contributed by atoms with van der Waals surface area (Å²) in [5.74, 6) is 0. The number of benzene rings is 2. The second-order valence-electron chi connectivity index (χ2n) is 2.23. The van der Waals surface area contributed by atoms with Crippen molar-refractivity contribution in [1.82, 2.24) is 0 Å². The third kappa shape index (κ3) is 1.24. The van der Waals surface area contributed by atoms with Gasteiger partial charge in [-0.3, -0.25) is 10.1 Å². The van der Waals surface area contributed by atoms with Crippen molar-refractivity contribution in [3.63, 3.8) is 0 Å². The van der Waals surface area contributed by atoms with Crippen LogP contribution in [0.3, 0.4) is 0 Å². The van der Waals surface area contributed by atoms with E-state index in [9.17, 15) is 10.1 Å². The zero-order chi connectivity index (χ0) is 15.4. The van der Waals surface area contributed by atoms with Crippen molar-refractivity contribution in [3.05, 3.63) is 52.4 Å². The number of hydrogen-bond acceptors (Lipinski definition) is 2. The quantitative estimate of drug-likeness (QED) is 0.500. The highest BCUT2D eigenvalue weighted by Crippen LogP contribution is 2.24. The molecule has 0 aromatic heterocycles. The summed E-state index contributed by atoms with van der Waals surface area (Å²) in [5, 5.41) is 10.1. The molecule has 2 aromatic rings. The number of nitro groups is 1. The predicted molar refractivity (Wildman–Crippen MR) is 50.6 cm³/mol. The van der Waals surface area contributed by atoms with Crippen molar-refractivity contribution in [2.45, 2.75) is 0 Å². The summed E-state index contributed by atoms with van der Waals surface area (Å²) in [6, 6.07) is -4.82. The molecule has 0 fully saturated rings. The standard InChI is InChI=1S/C10H7NO2/c12-11(13)10-7-3-5-8-4-1-2-6-9(8)10/h1-7H/i1D,2D,3D,4D,5D,6D,7D. The van der Waals surface area contributed by atoms with Gasteiger partial charge >= 0.3 is 0 Å². The molecule has 0 aliphatic rings. The average Bonchev–Trinajstić information content (AvgIpc) is 2.39. The molecule has 3 heteroatoms. The normalized spacial score (nSPS) is 17.7. The number of hydrogen-bond donors (Lipinski definition) is 0. The topological polar surface area (TPSA) is 43.1 Å². The highest BCUT2D eigenvalue weighted by atomic mass is 16.6. The van der Waals surface area contributed by atoms with E-state index in [1.165, 1.54) is 0 Å².